The summed E-state index contributed by atoms with van der Waals surface area (Å²) in [7, 11) is 7.21. The van der Waals surface area contributed by atoms with Gasteiger partial charge in [-0.1, -0.05) is 60.6 Å². The van der Waals surface area contributed by atoms with Crippen molar-refractivity contribution in [3.05, 3.63) is 29.8 Å². The summed E-state index contributed by atoms with van der Waals surface area (Å²) in [5.74, 6) is 1.58. The summed E-state index contributed by atoms with van der Waals surface area (Å²) in [6.45, 7) is 19.7. The van der Waals surface area contributed by atoms with Crippen molar-refractivity contribution in [1.82, 2.24) is 4.90 Å². The van der Waals surface area contributed by atoms with Crippen molar-refractivity contribution in [3.8, 4) is 0 Å². The maximum absolute atomic E-state index is 11.1. The Kier molecular flexibility index (Phi) is 23.3. The summed E-state index contributed by atoms with van der Waals surface area (Å²) in [5.41, 5.74) is 3.27. The van der Waals surface area contributed by atoms with Crippen LogP contribution >= 0.6 is 0 Å². The van der Waals surface area contributed by atoms with Crippen LogP contribution in [-0.4, -0.2) is 63.7 Å². The fourth-order valence-corrected chi connectivity index (χ4v) is 2.56. The molecule has 5 nitrogen and oxygen atoms in total. The van der Waals surface area contributed by atoms with Crippen LogP contribution in [0.15, 0.2) is 24.3 Å². The molecule has 1 aromatic carbocycles. The van der Waals surface area contributed by atoms with Crippen molar-refractivity contribution < 1.29 is 9.90 Å². The smallest absolute Gasteiger partial charge is 0.152 e. The Morgan fingerprint density at radius 2 is 1.58 bits per heavy atom. The third-order valence-corrected chi connectivity index (χ3v) is 3.71. The van der Waals surface area contributed by atoms with Gasteiger partial charge in [-0.05, 0) is 49.6 Å². The summed E-state index contributed by atoms with van der Waals surface area (Å²) in [4.78, 5) is 15.7. The molecular formula is C26H51N3O2. The molecule has 1 aromatic rings. The number of carbonyl (C=O) groups is 1. The molecule has 0 saturated carbocycles. The second-order valence-electron chi connectivity index (χ2n) is 8.28. The maximum Gasteiger partial charge on any atom is 0.152 e. The number of carbonyl (C=O) groups excluding carboxylic acids is 1. The number of hydrogen-bond donors (Lipinski definition) is 2. The van der Waals surface area contributed by atoms with E-state index in [1.807, 2.05) is 33.0 Å². The van der Waals surface area contributed by atoms with Gasteiger partial charge in [0.2, 0.25) is 0 Å². The number of benzene rings is 1. The predicted octanol–water partition coefficient (Wildman–Crippen LogP) is 5.65. The molecule has 2 N–H and O–H groups in total. The number of aliphatic hydroxyl groups excluding tert-OH is 1. The number of ketones is 1. The van der Waals surface area contributed by atoms with E-state index in [0.717, 1.165) is 43.9 Å². The van der Waals surface area contributed by atoms with Crippen LogP contribution in [0.5, 0.6) is 0 Å². The predicted molar refractivity (Wildman–Crippen MR) is 141 cm³/mol. The van der Waals surface area contributed by atoms with Gasteiger partial charge < -0.3 is 20.2 Å². The zero-order valence-corrected chi connectivity index (χ0v) is 22.4. The van der Waals surface area contributed by atoms with Crippen molar-refractivity contribution in [2.45, 2.75) is 55.4 Å². The minimum Gasteiger partial charge on any atom is -0.400 e. The van der Waals surface area contributed by atoms with Crippen LogP contribution in [0.25, 0.3) is 6.08 Å². The molecule has 0 atom stereocenters. The zero-order valence-electron chi connectivity index (χ0n) is 22.4. The van der Waals surface area contributed by atoms with Crippen LogP contribution in [0.4, 0.5) is 11.4 Å². The van der Waals surface area contributed by atoms with Crippen molar-refractivity contribution in [2.75, 3.05) is 58.1 Å². The van der Waals surface area contributed by atoms with E-state index in [2.05, 4.69) is 76.0 Å². The molecule has 182 valence electrons. The van der Waals surface area contributed by atoms with E-state index in [9.17, 15) is 4.79 Å². The highest BCUT2D eigenvalue weighted by Gasteiger charge is 2.09. The first-order valence-electron chi connectivity index (χ1n) is 11.4. The quantitative estimate of drug-likeness (QED) is 0.489. The molecule has 0 amide bonds. The Balaban J connectivity index is -0.000000855. The Labute approximate surface area is 193 Å². The highest BCUT2D eigenvalue weighted by Crippen LogP contribution is 2.26. The number of nitrogens with one attached hydrogen (secondary N) is 1. The van der Waals surface area contributed by atoms with Gasteiger partial charge in [0, 0.05) is 40.8 Å². The topological polar surface area (TPSA) is 55.8 Å². The molecule has 0 unspecified atom stereocenters. The molecule has 0 fully saturated rings. The molecule has 0 heterocycles. The van der Waals surface area contributed by atoms with Gasteiger partial charge in [0.1, 0.15) is 0 Å². The van der Waals surface area contributed by atoms with E-state index in [4.69, 9.17) is 5.11 Å². The number of anilines is 2. The molecule has 0 aliphatic rings. The Morgan fingerprint density at radius 3 is 2.00 bits per heavy atom. The van der Waals surface area contributed by atoms with Gasteiger partial charge in [-0.2, -0.15) is 0 Å². The molecule has 0 aliphatic heterocycles. The minimum atomic E-state index is 0.0605. The average Bonchev–Trinajstić information content (AvgIpc) is 2.72. The van der Waals surface area contributed by atoms with Gasteiger partial charge in [-0.15, -0.1) is 0 Å². The number of aliphatic hydroxyl groups is 1. The molecule has 0 bridgehead atoms. The van der Waals surface area contributed by atoms with E-state index in [-0.39, 0.29) is 5.78 Å². The molecule has 31 heavy (non-hydrogen) atoms. The first kappa shape index (κ1) is 33.8. The van der Waals surface area contributed by atoms with Crippen LogP contribution < -0.4 is 10.2 Å². The average molecular weight is 438 g/mol. The fraction of sp³-hybridized carbons (Fsp3) is 0.654. The molecule has 0 saturated heterocycles. The minimum absolute atomic E-state index is 0.0605. The lowest BCUT2D eigenvalue weighted by molar-refractivity contribution is -0.112. The molecule has 0 radical (unpaired) electrons. The van der Waals surface area contributed by atoms with E-state index in [0.29, 0.717) is 5.92 Å². The van der Waals surface area contributed by atoms with Gasteiger partial charge in [0.15, 0.2) is 5.78 Å². The number of likely N-dealkylation sites (N-methyl/N-ethyl adjacent to an activating group) is 2. The third-order valence-electron chi connectivity index (χ3n) is 3.71. The van der Waals surface area contributed by atoms with E-state index >= 15 is 0 Å². The number of hydrogen-bond acceptors (Lipinski definition) is 5. The van der Waals surface area contributed by atoms with Crippen LogP contribution in [0.3, 0.4) is 0 Å². The van der Waals surface area contributed by atoms with Gasteiger partial charge in [-0.25, -0.2) is 0 Å². The van der Waals surface area contributed by atoms with Crippen LogP contribution in [-0.2, 0) is 4.79 Å². The van der Waals surface area contributed by atoms with Crippen LogP contribution in [0.2, 0.25) is 0 Å². The lowest BCUT2D eigenvalue weighted by atomic mass is 10.1. The standard InChI is InChI=1S/C19H31N3O.C4H10.C2H6.CH4O/c1-15(2)14-21(5)11-12-22(6)19-10-9-17(8-7-16(3)23)13-18(19)20-4;1-4(2)3;2*1-2/h7-10,13,15,20H,11-12,14H2,1-6H3;4H,1-3H3;1-2H3;2H,1H3/b8-7+;;;. The summed E-state index contributed by atoms with van der Waals surface area (Å²) in [6, 6.07) is 6.22. The Hall–Kier alpha value is -1.85. The molecule has 0 spiro atoms. The van der Waals surface area contributed by atoms with Crippen molar-refractivity contribution in [3.63, 3.8) is 0 Å². The van der Waals surface area contributed by atoms with Crippen molar-refractivity contribution in [1.29, 1.82) is 0 Å². The van der Waals surface area contributed by atoms with E-state index in [1.165, 1.54) is 5.69 Å². The van der Waals surface area contributed by atoms with E-state index in [1.54, 1.807) is 13.0 Å². The maximum atomic E-state index is 11.1. The first-order chi connectivity index (χ1) is 14.6. The number of nitrogens with zero attached hydrogens (tertiary/aromatic N) is 2. The SMILES string of the molecule is CC.CC(C)C.CNc1cc(/C=C/C(C)=O)ccc1N(C)CCN(C)CC(C)C.CO. The van der Waals surface area contributed by atoms with Crippen LogP contribution in [0.1, 0.15) is 61.0 Å². The second-order valence-corrected chi connectivity index (χ2v) is 8.28. The van der Waals surface area contributed by atoms with Gasteiger partial charge in [0.05, 0.1) is 11.4 Å². The number of allylic oxidation sites excluding steroid dienone is 1. The largest absolute Gasteiger partial charge is 0.400 e. The third kappa shape index (κ3) is 19.8. The lowest BCUT2D eigenvalue weighted by Crippen LogP contribution is -2.33. The van der Waals surface area contributed by atoms with Gasteiger partial charge in [0.25, 0.3) is 0 Å². The Bertz CT molecular complexity index is 581. The highest BCUT2D eigenvalue weighted by molar-refractivity contribution is 5.91. The fourth-order valence-electron chi connectivity index (χ4n) is 2.56. The molecule has 5 heteroatoms. The summed E-state index contributed by atoms with van der Waals surface area (Å²) in [5, 5.41) is 10.3. The summed E-state index contributed by atoms with van der Waals surface area (Å²) < 4.78 is 0. The summed E-state index contributed by atoms with van der Waals surface area (Å²) >= 11 is 0. The highest BCUT2D eigenvalue weighted by atomic mass is 16.2. The summed E-state index contributed by atoms with van der Waals surface area (Å²) in [6.07, 6.45) is 3.45. The second kappa shape index (κ2) is 21.4. The van der Waals surface area contributed by atoms with Crippen molar-refractivity contribution in [2.24, 2.45) is 11.8 Å². The molecule has 0 aromatic heterocycles. The van der Waals surface area contributed by atoms with Gasteiger partial charge >= 0.3 is 0 Å². The normalized spacial score (nSPS) is 10.1. The molecular weight excluding hydrogens is 386 g/mol. The van der Waals surface area contributed by atoms with Gasteiger partial charge in [-0.3, -0.25) is 4.79 Å². The van der Waals surface area contributed by atoms with Crippen LogP contribution in [0, 0.1) is 11.8 Å². The molecule has 1 rings (SSSR count). The monoisotopic (exact) mass is 437 g/mol. The Morgan fingerprint density at radius 1 is 1.06 bits per heavy atom. The van der Waals surface area contributed by atoms with E-state index < -0.39 is 0 Å². The zero-order chi connectivity index (χ0) is 25.0. The molecule has 0 aliphatic carbocycles. The first-order valence-corrected chi connectivity index (χ1v) is 11.4. The number of rotatable bonds is 9. The van der Waals surface area contributed by atoms with Crippen molar-refractivity contribution >= 4 is 23.2 Å². The lowest BCUT2D eigenvalue weighted by Gasteiger charge is -2.26.